The van der Waals surface area contributed by atoms with Crippen molar-refractivity contribution < 1.29 is 18.4 Å². The molecule has 0 fully saturated rings. The van der Waals surface area contributed by atoms with E-state index in [0.29, 0.717) is 4.90 Å². The molecule has 2 amide bonds. The number of nitrogens with zero attached hydrogens (tertiary/aromatic N) is 1. The lowest BCUT2D eigenvalue weighted by molar-refractivity contribution is 0.0925. The number of anilines is 2. The standard InChI is InChI=1S/C15H10F2N2O2/c1-7-5-10(17)12(6-9(7)16)19-14(20)8-3-2-4-11(18)13(8)15(19)21/h2-6H,18H2,1H3. The van der Waals surface area contributed by atoms with Gasteiger partial charge in [0.1, 0.15) is 11.6 Å². The summed E-state index contributed by atoms with van der Waals surface area (Å²) in [7, 11) is 0. The van der Waals surface area contributed by atoms with Gasteiger partial charge in [-0.15, -0.1) is 0 Å². The van der Waals surface area contributed by atoms with Gasteiger partial charge in [0.2, 0.25) is 0 Å². The molecule has 0 unspecified atom stereocenters. The molecule has 2 aromatic carbocycles. The van der Waals surface area contributed by atoms with Crippen molar-refractivity contribution in [1.29, 1.82) is 0 Å². The monoisotopic (exact) mass is 288 g/mol. The summed E-state index contributed by atoms with van der Waals surface area (Å²) in [6.07, 6.45) is 0. The molecule has 0 bridgehead atoms. The number of hydrogen-bond donors (Lipinski definition) is 1. The zero-order valence-electron chi connectivity index (χ0n) is 11.0. The van der Waals surface area contributed by atoms with Gasteiger partial charge < -0.3 is 5.73 Å². The van der Waals surface area contributed by atoms with Crippen molar-refractivity contribution in [2.24, 2.45) is 0 Å². The van der Waals surface area contributed by atoms with Crippen molar-refractivity contribution in [3.63, 3.8) is 0 Å². The SMILES string of the molecule is Cc1cc(F)c(N2C(=O)c3cccc(N)c3C2=O)cc1F. The van der Waals surface area contributed by atoms with Crippen molar-refractivity contribution >= 4 is 23.2 Å². The number of nitrogen functional groups attached to an aromatic ring is 1. The first-order valence-corrected chi connectivity index (χ1v) is 6.14. The highest BCUT2D eigenvalue weighted by Crippen LogP contribution is 2.33. The van der Waals surface area contributed by atoms with Crippen LogP contribution in [0.4, 0.5) is 20.2 Å². The Bertz CT molecular complexity index is 803. The third-order valence-corrected chi connectivity index (χ3v) is 3.42. The minimum absolute atomic E-state index is 0.0166. The second-order valence-corrected chi connectivity index (χ2v) is 4.77. The molecule has 0 spiro atoms. The number of carbonyl (C=O) groups excluding carboxylic acids is 2. The normalized spacial score (nSPS) is 13.8. The summed E-state index contributed by atoms with van der Waals surface area (Å²) in [6, 6.07) is 6.20. The Hall–Kier alpha value is -2.76. The summed E-state index contributed by atoms with van der Waals surface area (Å²) in [6.45, 7) is 1.39. The summed E-state index contributed by atoms with van der Waals surface area (Å²) in [4.78, 5) is 25.2. The highest BCUT2D eigenvalue weighted by Gasteiger charge is 2.39. The van der Waals surface area contributed by atoms with Gasteiger partial charge in [-0.2, -0.15) is 0 Å². The van der Waals surface area contributed by atoms with E-state index in [9.17, 15) is 18.4 Å². The number of aryl methyl sites for hydroxylation is 1. The van der Waals surface area contributed by atoms with E-state index in [0.717, 1.165) is 12.1 Å². The maximum absolute atomic E-state index is 14.0. The van der Waals surface area contributed by atoms with Crippen molar-refractivity contribution in [3.8, 4) is 0 Å². The van der Waals surface area contributed by atoms with E-state index in [1.54, 1.807) is 0 Å². The lowest BCUT2D eigenvalue weighted by Crippen LogP contribution is -2.30. The molecule has 2 N–H and O–H groups in total. The summed E-state index contributed by atoms with van der Waals surface area (Å²) < 4.78 is 27.6. The average Bonchev–Trinajstić information content (AvgIpc) is 2.68. The summed E-state index contributed by atoms with van der Waals surface area (Å²) in [5.74, 6) is -3.02. The zero-order chi connectivity index (χ0) is 15.3. The van der Waals surface area contributed by atoms with Gasteiger partial charge in [-0.3, -0.25) is 9.59 Å². The van der Waals surface area contributed by atoms with Gasteiger partial charge in [-0.25, -0.2) is 13.7 Å². The smallest absolute Gasteiger partial charge is 0.268 e. The molecule has 4 nitrogen and oxygen atoms in total. The molecule has 0 aromatic heterocycles. The van der Waals surface area contributed by atoms with Crippen LogP contribution in [0, 0.1) is 18.6 Å². The minimum Gasteiger partial charge on any atom is -0.398 e. The van der Waals surface area contributed by atoms with Crippen molar-refractivity contribution in [3.05, 3.63) is 58.7 Å². The molecular weight excluding hydrogens is 278 g/mol. The molecular formula is C15H10F2N2O2. The van der Waals surface area contributed by atoms with Crippen LogP contribution in [-0.4, -0.2) is 11.8 Å². The number of halogens is 2. The molecule has 2 aromatic rings. The van der Waals surface area contributed by atoms with E-state index in [1.807, 2.05) is 0 Å². The van der Waals surface area contributed by atoms with Crippen LogP contribution in [0.15, 0.2) is 30.3 Å². The molecule has 0 saturated heterocycles. The Balaban J connectivity index is 2.19. The van der Waals surface area contributed by atoms with Gasteiger partial charge in [0, 0.05) is 11.8 Å². The zero-order valence-corrected chi connectivity index (χ0v) is 11.0. The lowest BCUT2D eigenvalue weighted by atomic mass is 10.1. The van der Waals surface area contributed by atoms with Crippen LogP contribution in [0.1, 0.15) is 26.3 Å². The fraction of sp³-hybridized carbons (Fsp3) is 0.0667. The molecule has 106 valence electrons. The first-order valence-electron chi connectivity index (χ1n) is 6.14. The number of amides is 2. The number of imide groups is 1. The summed E-state index contributed by atoms with van der Waals surface area (Å²) >= 11 is 0. The number of benzene rings is 2. The molecule has 0 aliphatic carbocycles. The minimum atomic E-state index is -0.845. The van der Waals surface area contributed by atoms with Crippen molar-refractivity contribution in [2.75, 3.05) is 10.6 Å². The van der Waals surface area contributed by atoms with Crippen LogP contribution in [-0.2, 0) is 0 Å². The highest BCUT2D eigenvalue weighted by molar-refractivity contribution is 6.36. The number of nitrogens with two attached hydrogens (primary N) is 1. The van der Waals surface area contributed by atoms with E-state index in [1.165, 1.54) is 25.1 Å². The lowest BCUT2D eigenvalue weighted by Gasteiger charge is -2.15. The topological polar surface area (TPSA) is 63.4 Å². The Morgan fingerprint density at radius 1 is 1.05 bits per heavy atom. The molecule has 1 heterocycles. The van der Waals surface area contributed by atoms with Crippen LogP contribution >= 0.6 is 0 Å². The molecule has 3 rings (SSSR count). The molecule has 0 atom stereocenters. The third-order valence-electron chi connectivity index (χ3n) is 3.42. The van der Waals surface area contributed by atoms with Gasteiger partial charge in [0.15, 0.2) is 0 Å². The fourth-order valence-electron chi connectivity index (χ4n) is 2.34. The summed E-state index contributed by atoms with van der Waals surface area (Å²) in [5.41, 5.74) is 5.59. The molecule has 0 saturated carbocycles. The van der Waals surface area contributed by atoms with Crippen LogP contribution in [0.25, 0.3) is 0 Å². The van der Waals surface area contributed by atoms with Gasteiger partial charge in [0.05, 0.1) is 16.8 Å². The van der Waals surface area contributed by atoms with Gasteiger partial charge >= 0.3 is 0 Å². The highest BCUT2D eigenvalue weighted by atomic mass is 19.1. The van der Waals surface area contributed by atoms with Gasteiger partial charge in [-0.05, 0) is 30.7 Å². The predicted molar refractivity (Wildman–Crippen MR) is 73.1 cm³/mol. The van der Waals surface area contributed by atoms with Gasteiger partial charge in [-0.1, -0.05) is 6.07 Å². The number of hydrogen-bond acceptors (Lipinski definition) is 3. The maximum atomic E-state index is 14.0. The third kappa shape index (κ3) is 1.79. The molecule has 0 radical (unpaired) electrons. The number of fused-ring (bicyclic) bond motifs is 1. The predicted octanol–water partition coefficient (Wildman–Crippen LogP) is 2.66. The van der Waals surface area contributed by atoms with Crippen molar-refractivity contribution in [1.82, 2.24) is 0 Å². The van der Waals surface area contributed by atoms with Crippen LogP contribution in [0.2, 0.25) is 0 Å². The Labute approximate surface area is 118 Å². The Morgan fingerprint density at radius 3 is 2.43 bits per heavy atom. The van der Waals surface area contributed by atoms with Crippen LogP contribution in [0.5, 0.6) is 0 Å². The molecule has 21 heavy (non-hydrogen) atoms. The summed E-state index contributed by atoms with van der Waals surface area (Å²) in [5, 5.41) is 0. The molecule has 1 aliphatic rings. The van der Waals surface area contributed by atoms with Crippen LogP contribution in [0.3, 0.4) is 0 Å². The second-order valence-electron chi connectivity index (χ2n) is 4.77. The first kappa shape index (κ1) is 13.2. The van der Waals surface area contributed by atoms with E-state index in [2.05, 4.69) is 0 Å². The molecule has 6 heteroatoms. The Kier molecular flexibility index (Phi) is 2.76. The van der Waals surface area contributed by atoms with E-state index in [-0.39, 0.29) is 22.4 Å². The molecule has 1 aliphatic heterocycles. The quantitative estimate of drug-likeness (QED) is 0.648. The number of carbonyl (C=O) groups is 2. The van der Waals surface area contributed by atoms with E-state index >= 15 is 0 Å². The van der Waals surface area contributed by atoms with Crippen molar-refractivity contribution in [2.45, 2.75) is 6.92 Å². The first-order chi connectivity index (χ1) is 9.91. The second kappa shape index (κ2) is 4.37. The largest absolute Gasteiger partial charge is 0.398 e. The van der Waals surface area contributed by atoms with Crippen LogP contribution < -0.4 is 10.6 Å². The number of rotatable bonds is 1. The van der Waals surface area contributed by atoms with E-state index in [4.69, 9.17) is 5.73 Å². The average molecular weight is 288 g/mol. The van der Waals surface area contributed by atoms with E-state index < -0.39 is 29.1 Å². The van der Waals surface area contributed by atoms with Gasteiger partial charge in [0.25, 0.3) is 11.8 Å². The Morgan fingerprint density at radius 2 is 1.76 bits per heavy atom. The fourth-order valence-corrected chi connectivity index (χ4v) is 2.34. The maximum Gasteiger partial charge on any atom is 0.268 e.